The Morgan fingerprint density at radius 2 is 1.85 bits per heavy atom. The van der Waals surface area contributed by atoms with E-state index in [0.717, 1.165) is 56.7 Å². The number of hydrogen-bond acceptors (Lipinski definition) is 6. The molecule has 3 heterocycles. The van der Waals surface area contributed by atoms with Crippen LogP contribution in [-0.2, 0) is 9.47 Å². The topological polar surface area (TPSA) is 59.5 Å². The van der Waals surface area contributed by atoms with Gasteiger partial charge < -0.3 is 19.7 Å². The molecule has 1 aliphatic carbocycles. The van der Waals surface area contributed by atoms with Crippen molar-refractivity contribution in [3.05, 3.63) is 41.5 Å². The summed E-state index contributed by atoms with van der Waals surface area (Å²) in [6, 6.07) is 3.93. The monoisotopic (exact) mass is 466 g/mol. The van der Waals surface area contributed by atoms with E-state index < -0.39 is 18.1 Å². The molecule has 2 aromatic rings. The maximum atomic E-state index is 14.1. The molecule has 2 aliphatic heterocycles. The van der Waals surface area contributed by atoms with Crippen LogP contribution < -0.4 is 5.32 Å². The van der Waals surface area contributed by atoms with Gasteiger partial charge in [0.1, 0.15) is 11.6 Å². The lowest BCUT2D eigenvalue weighted by molar-refractivity contribution is -0.0964. The van der Waals surface area contributed by atoms with E-state index in [1.807, 2.05) is 0 Å². The number of alkyl halides is 2. The van der Waals surface area contributed by atoms with E-state index in [4.69, 9.17) is 9.47 Å². The Morgan fingerprint density at radius 1 is 1.06 bits per heavy atom. The number of hydrogen-bond donors (Lipinski definition) is 1. The third kappa shape index (κ3) is 4.97. The van der Waals surface area contributed by atoms with E-state index in [1.54, 1.807) is 0 Å². The summed E-state index contributed by atoms with van der Waals surface area (Å²) in [6.07, 6.45) is -1.01. The largest absolute Gasteiger partial charge is 0.376 e. The summed E-state index contributed by atoms with van der Waals surface area (Å²) in [5.41, 5.74) is -0.684. The average molecular weight is 466 g/mol. The van der Waals surface area contributed by atoms with Gasteiger partial charge in [0, 0.05) is 31.2 Å². The summed E-state index contributed by atoms with van der Waals surface area (Å²) in [4.78, 5) is 2.40. The van der Waals surface area contributed by atoms with Crippen LogP contribution in [0.4, 0.5) is 23.4 Å². The minimum absolute atomic E-state index is 0.000134. The third-order valence-corrected chi connectivity index (χ3v) is 6.78. The van der Waals surface area contributed by atoms with Crippen LogP contribution in [0.1, 0.15) is 24.8 Å². The molecule has 0 spiro atoms. The van der Waals surface area contributed by atoms with Crippen molar-refractivity contribution in [2.45, 2.75) is 31.4 Å². The van der Waals surface area contributed by atoms with Crippen molar-refractivity contribution < 1.29 is 27.0 Å². The lowest BCUT2D eigenvalue weighted by Crippen LogP contribution is -2.39. The lowest BCUT2D eigenvalue weighted by Gasteiger charge is -2.28. The number of ether oxygens (including phenoxy) is 2. The van der Waals surface area contributed by atoms with Gasteiger partial charge in [0.2, 0.25) is 0 Å². The molecule has 1 unspecified atom stereocenters. The molecule has 3 fully saturated rings. The average Bonchev–Trinajstić information content (AvgIpc) is 3.34. The van der Waals surface area contributed by atoms with E-state index in [1.165, 1.54) is 0 Å². The number of nitrogens with one attached hydrogen (secondary N) is 1. The van der Waals surface area contributed by atoms with Crippen molar-refractivity contribution in [2.75, 3.05) is 44.8 Å². The minimum Gasteiger partial charge on any atom is -0.376 e. The highest BCUT2D eigenvalue weighted by molar-refractivity contribution is 5.63. The summed E-state index contributed by atoms with van der Waals surface area (Å²) in [5.74, 6) is -0.459. The first-order valence-electron chi connectivity index (χ1n) is 11.3. The van der Waals surface area contributed by atoms with Crippen molar-refractivity contribution in [2.24, 2.45) is 11.8 Å². The van der Waals surface area contributed by atoms with Gasteiger partial charge in [0.15, 0.2) is 5.82 Å². The number of anilines is 1. The molecule has 4 atom stereocenters. The van der Waals surface area contributed by atoms with Gasteiger partial charge in [-0.05, 0) is 48.9 Å². The van der Waals surface area contributed by atoms with Gasteiger partial charge in [-0.25, -0.2) is 17.6 Å². The van der Waals surface area contributed by atoms with Gasteiger partial charge in [-0.3, -0.25) is 0 Å². The number of aromatic nitrogens is 2. The molecule has 3 aliphatic rings. The molecule has 0 amide bonds. The quantitative estimate of drug-likeness (QED) is 0.652. The molecule has 1 aromatic carbocycles. The van der Waals surface area contributed by atoms with Crippen LogP contribution in [0.25, 0.3) is 11.3 Å². The van der Waals surface area contributed by atoms with Gasteiger partial charge >= 0.3 is 0 Å². The molecule has 5 rings (SSSR count). The molecule has 1 saturated carbocycles. The second-order valence-corrected chi connectivity index (χ2v) is 9.08. The van der Waals surface area contributed by atoms with Crippen LogP contribution in [0.15, 0.2) is 24.3 Å². The Labute approximate surface area is 189 Å². The maximum Gasteiger partial charge on any atom is 0.267 e. The molecular formula is C23H26F4N4O2. The third-order valence-electron chi connectivity index (χ3n) is 6.78. The molecule has 1 N–H and O–H groups in total. The summed E-state index contributed by atoms with van der Waals surface area (Å²) in [7, 11) is 0. The number of halogens is 4. The fourth-order valence-corrected chi connectivity index (χ4v) is 5.30. The Hall–Kier alpha value is -2.30. The van der Waals surface area contributed by atoms with Crippen molar-refractivity contribution in [3.63, 3.8) is 0 Å². The number of benzene rings is 1. The highest BCUT2D eigenvalue weighted by atomic mass is 19.3. The normalized spacial score (nSPS) is 27.8. The fourth-order valence-electron chi connectivity index (χ4n) is 5.30. The molecule has 6 nitrogen and oxygen atoms in total. The van der Waals surface area contributed by atoms with Crippen LogP contribution in [0.5, 0.6) is 0 Å². The number of fused-ring (bicyclic) bond motifs is 1. The van der Waals surface area contributed by atoms with E-state index in [9.17, 15) is 17.6 Å². The molecule has 2 saturated heterocycles. The van der Waals surface area contributed by atoms with Gasteiger partial charge in [0.25, 0.3) is 6.43 Å². The van der Waals surface area contributed by atoms with E-state index in [2.05, 4.69) is 20.4 Å². The first-order valence-corrected chi connectivity index (χ1v) is 11.3. The Balaban J connectivity index is 1.23. The van der Waals surface area contributed by atoms with Crippen LogP contribution in [0.2, 0.25) is 0 Å². The summed E-state index contributed by atoms with van der Waals surface area (Å²) >= 11 is 0. The molecule has 33 heavy (non-hydrogen) atoms. The van der Waals surface area contributed by atoms with Gasteiger partial charge in [-0.2, -0.15) is 0 Å². The summed E-state index contributed by atoms with van der Waals surface area (Å²) in [6.45, 7) is 4.67. The molecule has 1 aromatic heterocycles. The highest BCUT2D eigenvalue weighted by Gasteiger charge is 2.41. The first-order chi connectivity index (χ1) is 16.0. The molecule has 0 radical (unpaired) electrons. The minimum atomic E-state index is -2.83. The second kappa shape index (κ2) is 9.52. The Kier molecular flexibility index (Phi) is 6.49. The van der Waals surface area contributed by atoms with Gasteiger partial charge in [0.05, 0.1) is 37.2 Å². The van der Waals surface area contributed by atoms with Crippen molar-refractivity contribution in [1.82, 2.24) is 15.1 Å². The first kappa shape index (κ1) is 22.5. The number of rotatable bonds is 6. The van der Waals surface area contributed by atoms with E-state index in [0.29, 0.717) is 31.7 Å². The van der Waals surface area contributed by atoms with Gasteiger partial charge in [-0.15, -0.1) is 10.2 Å². The van der Waals surface area contributed by atoms with Crippen molar-refractivity contribution >= 4 is 5.82 Å². The van der Waals surface area contributed by atoms with Crippen LogP contribution in [0.3, 0.4) is 0 Å². The maximum absolute atomic E-state index is 14.1. The summed E-state index contributed by atoms with van der Waals surface area (Å²) in [5, 5.41) is 11.0. The zero-order valence-electron chi connectivity index (χ0n) is 18.0. The zero-order valence-corrected chi connectivity index (χ0v) is 18.0. The standard InChI is InChI=1S/C23H26F4N4O2/c24-15-1-2-20(25)18(7-15)21-8-19(22(26)27)23(30-29-21)28-16-5-13-9-31(10-14(13)6-16)11-17-12-32-3-4-33-17/h1-2,7-8,13-14,16-17,22H,3-6,9-12H2,(H,28,30)/t13-,14+,16?,17-/m1/s1. The zero-order chi connectivity index (χ0) is 22.9. The predicted octanol–water partition coefficient (Wildman–Crippen LogP) is 3.90. The highest BCUT2D eigenvalue weighted by Crippen LogP contribution is 2.40. The fraction of sp³-hybridized carbons (Fsp3) is 0.565. The van der Waals surface area contributed by atoms with Crippen molar-refractivity contribution in [3.8, 4) is 11.3 Å². The molecule has 0 bridgehead atoms. The van der Waals surface area contributed by atoms with Crippen LogP contribution in [-0.4, -0.2) is 66.7 Å². The Bertz CT molecular complexity index is 975. The van der Waals surface area contributed by atoms with E-state index >= 15 is 0 Å². The number of likely N-dealkylation sites (tertiary alicyclic amines) is 1. The summed E-state index contributed by atoms with van der Waals surface area (Å²) < 4.78 is 66.4. The second-order valence-electron chi connectivity index (χ2n) is 9.08. The Morgan fingerprint density at radius 3 is 2.55 bits per heavy atom. The number of nitrogens with zero attached hydrogens (tertiary/aromatic N) is 3. The lowest BCUT2D eigenvalue weighted by atomic mass is 10.0. The van der Waals surface area contributed by atoms with Crippen LogP contribution >= 0.6 is 0 Å². The molecule has 10 heteroatoms. The smallest absolute Gasteiger partial charge is 0.267 e. The SMILES string of the molecule is Fc1ccc(F)c(-c2cc(C(F)F)c(NC3C[C@@H]4CN(C[C@@H]5COCCO5)C[C@@H]4C3)nn2)c1. The molecular weight excluding hydrogens is 440 g/mol. The van der Waals surface area contributed by atoms with Crippen LogP contribution in [0, 0.1) is 23.5 Å². The van der Waals surface area contributed by atoms with Crippen molar-refractivity contribution in [1.29, 1.82) is 0 Å². The van der Waals surface area contributed by atoms with Gasteiger partial charge in [-0.1, -0.05) is 0 Å². The van der Waals surface area contributed by atoms with E-state index in [-0.39, 0.29) is 34.8 Å². The predicted molar refractivity (Wildman–Crippen MR) is 113 cm³/mol. The molecule has 178 valence electrons.